The molecule has 6 nitrogen and oxygen atoms in total. The smallest absolute Gasteiger partial charge is 0.132 e. The fourth-order valence-electron chi connectivity index (χ4n) is 3.48. The molecule has 1 N–H and O–H groups in total. The van der Waals surface area contributed by atoms with Crippen LogP contribution in [0.25, 0.3) is 0 Å². The maximum Gasteiger partial charge on any atom is 0.132 e. The van der Waals surface area contributed by atoms with Gasteiger partial charge in [-0.25, -0.2) is 9.97 Å². The number of rotatable bonds is 5. The summed E-state index contributed by atoms with van der Waals surface area (Å²) in [7, 11) is 0. The van der Waals surface area contributed by atoms with Crippen LogP contribution in [0.15, 0.2) is 6.07 Å². The number of hydrogen-bond acceptors (Lipinski definition) is 6. The van der Waals surface area contributed by atoms with Crippen molar-refractivity contribution in [2.24, 2.45) is 0 Å². The third-order valence-corrected chi connectivity index (χ3v) is 4.82. The molecule has 0 unspecified atom stereocenters. The molecule has 0 bridgehead atoms. The van der Waals surface area contributed by atoms with Gasteiger partial charge in [-0.1, -0.05) is 0 Å². The number of likely N-dealkylation sites (tertiary alicyclic amines) is 1. The summed E-state index contributed by atoms with van der Waals surface area (Å²) in [6, 6.07) is 2.19. The average Bonchev–Trinajstić information content (AvgIpc) is 2.60. The number of aliphatic hydroxyl groups is 1. The first-order valence-corrected chi connectivity index (χ1v) is 8.78. The molecular formula is C17H28N4O2. The molecule has 0 radical (unpaired) electrons. The van der Waals surface area contributed by atoms with Gasteiger partial charge in [0, 0.05) is 43.9 Å². The zero-order chi connectivity index (χ0) is 16.1. The lowest BCUT2D eigenvalue weighted by molar-refractivity contribution is 0.122. The molecule has 2 aliphatic rings. The summed E-state index contributed by atoms with van der Waals surface area (Å²) in [5, 5.41) is 8.95. The Balaban J connectivity index is 1.65. The van der Waals surface area contributed by atoms with E-state index in [9.17, 15) is 0 Å². The maximum atomic E-state index is 8.95. The predicted octanol–water partition coefficient (Wildman–Crippen LogP) is 1.18. The quantitative estimate of drug-likeness (QED) is 0.879. The van der Waals surface area contributed by atoms with E-state index in [2.05, 4.69) is 20.9 Å². The van der Waals surface area contributed by atoms with Gasteiger partial charge in [0.25, 0.3) is 0 Å². The first kappa shape index (κ1) is 16.6. The topological polar surface area (TPSA) is 61.7 Å². The van der Waals surface area contributed by atoms with Crippen LogP contribution in [0.2, 0.25) is 0 Å². The van der Waals surface area contributed by atoms with Crippen LogP contribution < -0.4 is 4.90 Å². The number of ether oxygens (including phenoxy) is 1. The van der Waals surface area contributed by atoms with E-state index >= 15 is 0 Å². The summed E-state index contributed by atoms with van der Waals surface area (Å²) in [6.07, 6.45) is 3.16. The first-order valence-electron chi connectivity index (χ1n) is 8.78. The van der Waals surface area contributed by atoms with Crippen molar-refractivity contribution in [2.45, 2.75) is 32.1 Å². The summed E-state index contributed by atoms with van der Waals surface area (Å²) in [5.74, 6) is 2.45. The van der Waals surface area contributed by atoms with Gasteiger partial charge >= 0.3 is 0 Å². The molecule has 0 atom stereocenters. The lowest BCUT2D eigenvalue weighted by Crippen LogP contribution is -2.37. The Labute approximate surface area is 138 Å². The average molecular weight is 320 g/mol. The first-order chi connectivity index (χ1) is 11.3. The van der Waals surface area contributed by atoms with Crippen molar-refractivity contribution in [1.29, 1.82) is 0 Å². The van der Waals surface area contributed by atoms with E-state index in [4.69, 9.17) is 14.8 Å². The van der Waals surface area contributed by atoms with E-state index in [0.29, 0.717) is 5.92 Å². The van der Waals surface area contributed by atoms with Crippen molar-refractivity contribution in [2.75, 3.05) is 57.4 Å². The largest absolute Gasteiger partial charge is 0.396 e. The molecule has 3 rings (SSSR count). The van der Waals surface area contributed by atoms with Crippen LogP contribution >= 0.6 is 0 Å². The molecular weight excluding hydrogens is 292 g/mol. The Morgan fingerprint density at radius 3 is 2.61 bits per heavy atom. The van der Waals surface area contributed by atoms with Crippen molar-refractivity contribution in [1.82, 2.24) is 14.9 Å². The molecule has 128 valence electrons. The van der Waals surface area contributed by atoms with Crippen molar-refractivity contribution < 1.29 is 9.84 Å². The molecule has 3 heterocycles. The lowest BCUT2D eigenvalue weighted by Gasteiger charge is -2.32. The zero-order valence-electron chi connectivity index (χ0n) is 14.1. The van der Waals surface area contributed by atoms with Crippen LogP contribution in [0, 0.1) is 6.92 Å². The molecule has 0 amide bonds. The highest BCUT2D eigenvalue weighted by Gasteiger charge is 2.23. The highest BCUT2D eigenvalue weighted by Crippen LogP contribution is 2.29. The highest BCUT2D eigenvalue weighted by molar-refractivity contribution is 5.41. The molecule has 2 fully saturated rings. The van der Waals surface area contributed by atoms with Crippen LogP contribution in [-0.2, 0) is 4.74 Å². The molecule has 0 aliphatic carbocycles. The van der Waals surface area contributed by atoms with Gasteiger partial charge in [-0.2, -0.15) is 0 Å². The third kappa shape index (κ3) is 4.40. The van der Waals surface area contributed by atoms with Crippen LogP contribution in [0.1, 0.15) is 36.7 Å². The van der Waals surface area contributed by atoms with Gasteiger partial charge in [0.05, 0.1) is 13.2 Å². The number of morpholine rings is 1. The summed E-state index contributed by atoms with van der Waals surface area (Å²) >= 11 is 0. The van der Waals surface area contributed by atoms with Crippen LogP contribution in [0.4, 0.5) is 5.82 Å². The van der Waals surface area contributed by atoms with Gasteiger partial charge in [-0.3, -0.25) is 0 Å². The third-order valence-electron chi connectivity index (χ3n) is 4.82. The molecule has 2 aliphatic heterocycles. The van der Waals surface area contributed by atoms with Gasteiger partial charge < -0.3 is 19.6 Å². The number of aromatic nitrogens is 2. The van der Waals surface area contributed by atoms with Crippen molar-refractivity contribution >= 4 is 5.82 Å². The molecule has 0 spiro atoms. The Morgan fingerprint density at radius 2 is 1.91 bits per heavy atom. The van der Waals surface area contributed by atoms with E-state index < -0.39 is 0 Å². The van der Waals surface area contributed by atoms with Gasteiger partial charge in [-0.05, 0) is 39.3 Å². The SMILES string of the molecule is Cc1nc(C2CCN(CCCO)CC2)cc(N2CCOCC2)n1. The minimum absolute atomic E-state index is 0.286. The second kappa shape index (κ2) is 8.04. The Morgan fingerprint density at radius 1 is 1.17 bits per heavy atom. The van der Waals surface area contributed by atoms with Gasteiger partial charge in [0.1, 0.15) is 11.6 Å². The van der Waals surface area contributed by atoms with E-state index in [-0.39, 0.29) is 6.61 Å². The van der Waals surface area contributed by atoms with Gasteiger partial charge in [0.15, 0.2) is 0 Å². The molecule has 1 aromatic rings. The molecule has 6 heteroatoms. The van der Waals surface area contributed by atoms with Crippen molar-refractivity contribution in [3.63, 3.8) is 0 Å². The molecule has 0 saturated carbocycles. The van der Waals surface area contributed by atoms with Crippen LogP contribution in [0.5, 0.6) is 0 Å². The summed E-state index contributed by atoms with van der Waals surface area (Å²) in [6.45, 7) is 8.86. The number of hydrogen-bond donors (Lipinski definition) is 1. The van der Waals surface area contributed by atoms with E-state index in [1.54, 1.807) is 0 Å². The number of aryl methyl sites for hydroxylation is 1. The highest BCUT2D eigenvalue weighted by atomic mass is 16.5. The summed E-state index contributed by atoms with van der Waals surface area (Å²) in [4.78, 5) is 14.1. The monoisotopic (exact) mass is 320 g/mol. The Bertz CT molecular complexity index is 497. The Hall–Kier alpha value is -1.24. The van der Waals surface area contributed by atoms with E-state index in [0.717, 1.165) is 76.8 Å². The van der Waals surface area contributed by atoms with Crippen LogP contribution in [-0.4, -0.2) is 72.5 Å². The summed E-state index contributed by atoms with van der Waals surface area (Å²) < 4.78 is 5.43. The van der Waals surface area contributed by atoms with E-state index in [1.165, 1.54) is 5.69 Å². The van der Waals surface area contributed by atoms with Crippen molar-refractivity contribution in [3.05, 3.63) is 17.6 Å². The fourth-order valence-corrected chi connectivity index (χ4v) is 3.48. The number of piperidine rings is 1. The number of anilines is 1. The molecule has 1 aromatic heterocycles. The molecule has 23 heavy (non-hydrogen) atoms. The standard InChI is InChI=1S/C17H28N4O2/c1-14-18-16(13-17(19-14)21-8-11-23-12-9-21)15-3-6-20(7-4-15)5-2-10-22/h13,15,22H,2-12H2,1H3. The second-order valence-electron chi connectivity index (χ2n) is 6.49. The van der Waals surface area contributed by atoms with Crippen LogP contribution in [0.3, 0.4) is 0 Å². The van der Waals surface area contributed by atoms with Gasteiger partial charge in [0.2, 0.25) is 0 Å². The van der Waals surface area contributed by atoms with Gasteiger partial charge in [-0.15, -0.1) is 0 Å². The molecule has 0 aromatic carbocycles. The lowest BCUT2D eigenvalue weighted by atomic mass is 9.93. The summed E-state index contributed by atoms with van der Waals surface area (Å²) in [5.41, 5.74) is 1.20. The maximum absolute atomic E-state index is 8.95. The predicted molar refractivity (Wildman–Crippen MR) is 89.9 cm³/mol. The van der Waals surface area contributed by atoms with E-state index in [1.807, 2.05) is 6.92 Å². The van der Waals surface area contributed by atoms with Crippen molar-refractivity contribution in [3.8, 4) is 0 Å². The zero-order valence-corrected chi connectivity index (χ0v) is 14.1. The number of aliphatic hydroxyl groups excluding tert-OH is 1. The molecule has 2 saturated heterocycles. The normalized spacial score (nSPS) is 20.9. The minimum atomic E-state index is 0.286. The second-order valence-corrected chi connectivity index (χ2v) is 6.49. The minimum Gasteiger partial charge on any atom is -0.396 e. The Kier molecular flexibility index (Phi) is 5.80. The fraction of sp³-hybridized carbons (Fsp3) is 0.765. The number of nitrogens with zero attached hydrogens (tertiary/aromatic N) is 4.